The average molecular weight is 751 g/mol. The Kier molecular flexibility index (Phi) is 10.6. The van der Waals surface area contributed by atoms with Crippen molar-refractivity contribution in [1.82, 2.24) is 20.6 Å². The van der Waals surface area contributed by atoms with E-state index in [4.69, 9.17) is 0 Å². The zero-order valence-electron chi connectivity index (χ0n) is 29.2. The van der Waals surface area contributed by atoms with Crippen LogP contribution in [-0.4, -0.2) is 21.8 Å². The van der Waals surface area contributed by atoms with Gasteiger partial charge in [0.15, 0.2) is 0 Å². The summed E-state index contributed by atoms with van der Waals surface area (Å²) in [5.74, 6) is -1.57. The number of hydrogen-bond acceptors (Lipinski definition) is 4. The van der Waals surface area contributed by atoms with E-state index in [-0.39, 0.29) is 0 Å². The first-order chi connectivity index (χ1) is 25.5. The zero-order valence-corrected chi connectivity index (χ0v) is 29.2. The molecule has 2 atom stereocenters. The molecule has 0 radical (unpaired) electrons. The van der Waals surface area contributed by atoms with E-state index in [1.54, 1.807) is 9.97 Å². The molecule has 2 heterocycles. The minimum Gasteiger partial charge on any atom is -0.341 e. The molecule has 2 aromatic carbocycles. The summed E-state index contributed by atoms with van der Waals surface area (Å²) in [7, 11) is 0. The molecule has 0 fully saturated rings. The molecule has 2 amide bonds. The van der Waals surface area contributed by atoms with Crippen LogP contribution in [-0.2, 0) is 18.8 Å². The van der Waals surface area contributed by atoms with Crippen molar-refractivity contribution in [3.8, 4) is 0 Å². The molecule has 2 unspecified atom stereocenters. The topological polar surface area (TPSA) is 124 Å². The number of carbonyl (C=O) groups is 2. The van der Waals surface area contributed by atoms with Gasteiger partial charge in [0.2, 0.25) is 0 Å². The largest absolute Gasteiger partial charge is 0.431 e. The fourth-order valence-electron chi connectivity index (χ4n) is 6.98. The molecule has 8 nitrogen and oxygen atoms in total. The SMILES string of the molecule is CCCC1=Cc2cc(CCCCC3=Cc4ccc(C)cc4C3NC(=O)c3ccc(C(F)(F)F)[nH]c3=O)ccc2C1NC(=O)c1ccc(C(F)(F)F)[nH]c1=O. The zero-order chi connectivity index (χ0) is 38.9. The van der Waals surface area contributed by atoms with E-state index in [0.717, 1.165) is 75.9 Å². The van der Waals surface area contributed by atoms with Gasteiger partial charge >= 0.3 is 12.4 Å². The summed E-state index contributed by atoms with van der Waals surface area (Å²) >= 11 is 0. The Labute approximate surface area is 305 Å². The van der Waals surface area contributed by atoms with E-state index in [0.29, 0.717) is 31.4 Å². The second-order valence-corrected chi connectivity index (χ2v) is 13.5. The van der Waals surface area contributed by atoms with Gasteiger partial charge in [-0.1, -0.05) is 67.5 Å². The smallest absolute Gasteiger partial charge is 0.341 e. The van der Waals surface area contributed by atoms with Crippen LogP contribution in [0.25, 0.3) is 12.2 Å². The summed E-state index contributed by atoms with van der Waals surface area (Å²) in [6.45, 7) is 3.89. The third-order valence-corrected chi connectivity index (χ3v) is 9.63. The third kappa shape index (κ3) is 8.12. The number of fused-ring (bicyclic) bond motifs is 2. The highest BCUT2D eigenvalue weighted by molar-refractivity contribution is 5.95. The lowest BCUT2D eigenvalue weighted by Crippen LogP contribution is -2.33. The minimum atomic E-state index is -4.76. The van der Waals surface area contributed by atoms with Crippen LogP contribution in [0.1, 0.15) is 117 Å². The third-order valence-electron chi connectivity index (χ3n) is 9.63. The molecule has 0 aliphatic heterocycles. The second-order valence-electron chi connectivity index (χ2n) is 13.5. The number of rotatable bonds is 11. The van der Waals surface area contributed by atoms with Crippen LogP contribution in [0.2, 0.25) is 0 Å². The van der Waals surface area contributed by atoms with E-state index < -0.39 is 69.9 Å². The van der Waals surface area contributed by atoms with Crippen molar-refractivity contribution in [3.05, 3.63) is 148 Å². The standard InChI is InChI=1S/C40H36F6N4O4/c1-3-6-24-20-26-18-22(10-12-27(26)33(24)49-37(53)28-13-15-31(39(41,42)43)47-35(28)51)7-4-5-8-25-19-23-11-9-21(2)17-30(23)34(25)50-38(54)29-14-16-32(40(44,45)46)48-36(29)52/h9-20,33-34H,3-8H2,1-2H3,(H,47,51)(H,48,52)(H,49,53)(H,50,54). The second kappa shape index (κ2) is 15.0. The predicted octanol–water partition coefficient (Wildman–Crippen LogP) is 8.36. The monoisotopic (exact) mass is 750 g/mol. The molecule has 0 spiro atoms. The maximum Gasteiger partial charge on any atom is 0.431 e. The highest BCUT2D eigenvalue weighted by Gasteiger charge is 2.35. The number of benzene rings is 2. The normalized spacial score (nSPS) is 16.4. The van der Waals surface area contributed by atoms with Gasteiger partial charge in [0.25, 0.3) is 22.9 Å². The van der Waals surface area contributed by atoms with E-state index >= 15 is 0 Å². The quantitative estimate of drug-likeness (QED) is 0.0909. The maximum atomic E-state index is 13.2. The van der Waals surface area contributed by atoms with Crippen molar-refractivity contribution >= 4 is 24.0 Å². The molecule has 0 saturated carbocycles. The lowest BCUT2D eigenvalue weighted by Gasteiger charge is -2.20. The summed E-state index contributed by atoms with van der Waals surface area (Å²) in [6, 6.07) is 13.7. The van der Waals surface area contributed by atoms with Gasteiger partial charge in [-0.15, -0.1) is 0 Å². The molecular formula is C40H36F6N4O4. The number of H-pyrrole nitrogens is 2. The van der Waals surface area contributed by atoms with Crippen molar-refractivity contribution in [2.75, 3.05) is 0 Å². The lowest BCUT2D eigenvalue weighted by molar-refractivity contribution is -0.142. The number of aryl methyl sites for hydroxylation is 2. The lowest BCUT2D eigenvalue weighted by atomic mass is 9.96. The number of aromatic nitrogens is 2. The van der Waals surface area contributed by atoms with E-state index in [9.17, 15) is 45.5 Å². The number of nitrogens with one attached hydrogen (secondary N) is 4. The van der Waals surface area contributed by atoms with E-state index in [1.165, 1.54) is 0 Å². The van der Waals surface area contributed by atoms with Gasteiger partial charge in [-0.25, -0.2) is 0 Å². The highest BCUT2D eigenvalue weighted by Crippen LogP contribution is 2.39. The van der Waals surface area contributed by atoms with E-state index in [1.807, 2.05) is 62.4 Å². The highest BCUT2D eigenvalue weighted by atomic mass is 19.4. The molecule has 6 rings (SSSR count). The first-order valence-corrected chi connectivity index (χ1v) is 17.4. The van der Waals surface area contributed by atoms with Crippen LogP contribution in [0.5, 0.6) is 0 Å². The van der Waals surface area contributed by atoms with Gasteiger partial charge in [-0.05, 0) is 102 Å². The van der Waals surface area contributed by atoms with Gasteiger partial charge < -0.3 is 20.6 Å². The van der Waals surface area contributed by atoms with Gasteiger partial charge in [-0.2, -0.15) is 26.3 Å². The van der Waals surface area contributed by atoms with Gasteiger partial charge in [0, 0.05) is 0 Å². The van der Waals surface area contributed by atoms with Gasteiger partial charge in [0.05, 0.1) is 12.1 Å². The Morgan fingerprint density at radius 3 is 1.74 bits per heavy atom. The maximum absolute atomic E-state index is 13.2. The summed E-state index contributed by atoms with van der Waals surface area (Å²) < 4.78 is 78.3. The number of halogens is 6. The number of unbranched alkanes of at least 4 members (excludes halogenated alkanes) is 1. The van der Waals surface area contributed by atoms with Crippen molar-refractivity contribution in [2.45, 2.75) is 76.8 Å². The van der Waals surface area contributed by atoms with Crippen LogP contribution >= 0.6 is 0 Å². The summed E-state index contributed by atoms with van der Waals surface area (Å²) in [6.07, 6.45) is -1.29. The summed E-state index contributed by atoms with van der Waals surface area (Å²) in [5, 5.41) is 5.69. The van der Waals surface area contributed by atoms with Gasteiger partial charge in [-0.3, -0.25) is 19.2 Å². The number of carbonyl (C=O) groups excluding carboxylic acids is 2. The predicted molar refractivity (Wildman–Crippen MR) is 191 cm³/mol. The van der Waals surface area contributed by atoms with Crippen LogP contribution in [0.3, 0.4) is 0 Å². The number of alkyl halides is 6. The molecule has 4 aromatic rings. The number of aromatic amines is 2. The van der Waals surface area contributed by atoms with E-state index in [2.05, 4.69) is 10.6 Å². The molecule has 0 saturated heterocycles. The Morgan fingerprint density at radius 1 is 0.648 bits per heavy atom. The minimum absolute atomic E-state index is 0.422. The van der Waals surface area contributed by atoms with Crippen molar-refractivity contribution in [3.63, 3.8) is 0 Å². The molecule has 282 valence electrons. The molecule has 54 heavy (non-hydrogen) atoms. The van der Waals surface area contributed by atoms with Crippen LogP contribution in [0.4, 0.5) is 26.3 Å². The Balaban J connectivity index is 1.11. The Bertz CT molecular complexity index is 2300. The molecule has 2 aliphatic rings. The van der Waals surface area contributed by atoms with Crippen LogP contribution in [0, 0.1) is 6.92 Å². The van der Waals surface area contributed by atoms with Crippen molar-refractivity contribution < 1.29 is 35.9 Å². The Morgan fingerprint density at radius 2 is 1.19 bits per heavy atom. The van der Waals surface area contributed by atoms with Crippen LogP contribution in [0.15, 0.2) is 81.4 Å². The number of pyridine rings is 2. The molecule has 0 bridgehead atoms. The first-order valence-electron chi connectivity index (χ1n) is 17.4. The molecule has 4 N–H and O–H groups in total. The number of hydrogen-bond donors (Lipinski definition) is 4. The van der Waals surface area contributed by atoms with Crippen LogP contribution < -0.4 is 21.8 Å². The molecular weight excluding hydrogens is 714 g/mol. The molecule has 2 aromatic heterocycles. The fourth-order valence-corrected chi connectivity index (χ4v) is 6.98. The van der Waals surface area contributed by atoms with Crippen molar-refractivity contribution in [2.24, 2.45) is 0 Å². The first kappa shape index (κ1) is 38.1. The van der Waals surface area contributed by atoms with Crippen molar-refractivity contribution in [1.29, 1.82) is 0 Å². The molecule has 2 aliphatic carbocycles. The average Bonchev–Trinajstić information content (AvgIpc) is 3.61. The fraction of sp³-hybridized carbons (Fsp3) is 0.300. The number of amides is 2. The Hall–Kier alpha value is -5.66. The van der Waals surface area contributed by atoms with Gasteiger partial charge in [0.1, 0.15) is 22.5 Å². The summed E-state index contributed by atoms with van der Waals surface area (Å²) in [4.78, 5) is 54.5. The molecule has 14 heteroatoms. The summed E-state index contributed by atoms with van der Waals surface area (Å²) in [5.41, 5.74) is 1.66.